The van der Waals surface area contributed by atoms with E-state index >= 15 is 0 Å². The molecule has 0 fully saturated rings. The van der Waals surface area contributed by atoms with Crippen LogP contribution in [0.15, 0.2) is 53.0 Å². The number of hydrogen-bond acceptors (Lipinski definition) is 2. The molecule has 0 aliphatic rings. The minimum Gasteiger partial charge on any atom is -0.354 e. The molecule has 31 heavy (non-hydrogen) atoms. The van der Waals surface area contributed by atoms with Crippen molar-refractivity contribution >= 4 is 27.7 Å². The number of benzene rings is 2. The Morgan fingerprint density at radius 1 is 0.903 bits per heavy atom. The maximum Gasteiger partial charge on any atom is 0.242 e. The molecule has 0 saturated heterocycles. The molecule has 0 aliphatic carbocycles. The van der Waals surface area contributed by atoms with Gasteiger partial charge in [0.05, 0.1) is 0 Å². The zero-order valence-corrected chi connectivity index (χ0v) is 20.9. The standard InChI is InChI=1S/C26H35BrN2O2/c1-18(2)16-28-26(31)20(5)29(17-22-8-13-24(27)14-9-22)25(30)15-10-21-6-11-23(12-7-21)19(3)4/h6-9,11-14,18-20H,10,15-17H2,1-5H3,(H,28,31). The van der Waals surface area contributed by atoms with E-state index in [-0.39, 0.29) is 11.8 Å². The van der Waals surface area contributed by atoms with Crippen LogP contribution in [0.4, 0.5) is 0 Å². The molecule has 168 valence electrons. The van der Waals surface area contributed by atoms with Crippen molar-refractivity contribution < 1.29 is 9.59 Å². The molecule has 0 aromatic heterocycles. The van der Waals surface area contributed by atoms with Crippen molar-refractivity contribution in [3.8, 4) is 0 Å². The van der Waals surface area contributed by atoms with Crippen molar-refractivity contribution in [3.05, 3.63) is 69.7 Å². The van der Waals surface area contributed by atoms with Crippen molar-refractivity contribution in [1.82, 2.24) is 10.2 Å². The lowest BCUT2D eigenvalue weighted by Crippen LogP contribution is -2.48. The van der Waals surface area contributed by atoms with Crippen molar-refractivity contribution in [3.63, 3.8) is 0 Å². The summed E-state index contributed by atoms with van der Waals surface area (Å²) >= 11 is 3.45. The Morgan fingerprint density at radius 2 is 1.48 bits per heavy atom. The zero-order chi connectivity index (χ0) is 23.0. The largest absolute Gasteiger partial charge is 0.354 e. The first-order valence-electron chi connectivity index (χ1n) is 11.1. The Kier molecular flexibility index (Phi) is 9.76. The highest BCUT2D eigenvalue weighted by atomic mass is 79.9. The Labute approximate surface area is 195 Å². The molecule has 1 unspecified atom stereocenters. The fourth-order valence-electron chi connectivity index (χ4n) is 3.29. The topological polar surface area (TPSA) is 49.4 Å². The van der Waals surface area contributed by atoms with Crippen LogP contribution >= 0.6 is 15.9 Å². The first-order chi connectivity index (χ1) is 14.7. The number of halogens is 1. The summed E-state index contributed by atoms with van der Waals surface area (Å²) < 4.78 is 0.988. The summed E-state index contributed by atoms with van der Waals surface area (Å²) in [5.41, 5.74) is 3.43. The van der Waals surface area contributed by atoms with Crippen LogP contribution in [-0.4, -0.2) is 29.3 Å². The molecule has 1 atom stereocenters. The molecule has 2 aromatic carbocycles. The molecule has 0 aliphatic heterocycles. The van der Waals surface area contributed by atoms with Gasteiger partial charge in [-0.25, -0.2) is 0 Å². The molecule has 0 radical (unpaired) electrons. The van der Waals surface area contributed by atoms with Gasteiger partial charge in [-0.05, 0) is 54.0 Å². The van der Waals surface area contributed by atoms with Gasteiger partial charge in [0.25, 0.3) is 0 Å². The number of amides is 2. The number of carbonyl (C=O) groups excluding carboxylic acids is 2. The summed E-state index contributed by atoms with van der Waals surface area (Å²) in [7, 11) is 0. The van der Waals surface area contributed by atoms with Gasteiger partial charge < -0.3 is 10.2 Å². The average Bonchev–Trinajstić information content (AvgIpc) is 2.75. The second-order valence-corrected chi connectivity index (χ2v) is 9.78. The summed E-state index contributed by atoms with van der Waals surface area (Å²) in [6.45, 7) is 11.3. The summed E-state index contributed by atoms with van der Waals surface area (Å²) in [5.74, 6) is 0.728. The number of carbonyl (C=O) groups is 2. The lowest BCUT2D eigenvalue weighted by atomic mass is 10.00. The van der Waals surface area contributed by atoms with E-state index in [2.05, 4.69) is 73.2 Å². The van der Waals surface area contributed by atoms with Gasteiger partial charge in [-0.3, -0.25) is 9.59 Å². The fourth-order valence-corrected chi connectivity index (χ4v) is 3.55. The van der Waals surface area contributed by atoms with Gasteiger partial charge in [-0.15, -0.1) is 0 Å². The summed E-state index contributed by atoms with van der Waals surface area (Å²) in [6.07, 6.45) is 1.04. The number of hydrogen-bond donors (Lipinski definition) is 1. The summed E-state index contributed by atoms with van der Waals surface area (Å²) in [5, 5.41) is 2.96. The molecule has 2 aromatic rings. The van der Waals surface area contributed by atoms with Crippen molar-refractivity contribution in [2.75, 3.05) is 6.54 Å². The number of aryl methyl sites for hydroxylation is 1. The molecule has 0 bridgehead atoms. The van der Waals surface area contributed by atoms with E-state index in [1.807, 2.05) is 31.2 Å². The highest BCUT2D eigenvalue weighted by Gasteiger charge is 2.26. The van der Waals surface area contributed by atoms with Crippen LogP contribution in [0, 0.1) is 5.92 Å². The van der Waals surface area contributed by atoms with Crippen LogP contribution in [-0.2, 0) is 22.6 Å². The van der Waals surface area contributed by atoms with Crippen LogP contribution in [0.3, 0.4) is 0 Å². The molecular formula is C26H35BrN2O2. The monoisotopic (exact) mass is 486 g/mol. The van der Waals surface area contributed by atoms with Gasteiger partial charge in [0.15, 0.2) is 0 Å². The smallest absolute Gasteiger partial charge is 0.242 e. The third kappa shape index (κ3) is 8.13. The van der Waals surface area contributed by atoms with E-state index in [1.54, 1.807) is 4.90 Å². The summed E-state index contributed by atoms with van der Waals surface area (Å²) in [6, 6.07) is 15.8. The number of nitrogens with one attached hydrogen (secondary N) is 1. The molecule has 2 rings (SSSR count). The maximum atomic E-state index is 13.2. The van der Waals surface area contributed by atoms with E-state index in [0.717, 1.165) is 15.6 Å². The van der Waals surface area contributed by atoms with Gasteiger partial charge in [-0.2, -0.15) is 0 Å². The Morgan fingerprint density at radius 3 is 2.03 bits per heavy atom. The SMILES string of the molecule is CC(C)CNC(=O)C(C)N(Cc1ccc(Br)cc1)C(=O)CCc1ccc(C(C)C)cc1. The van der Waals surface area contributed by atoms with Gasteiger partial charge in [-0.1, -0.05) is 80.0 Å². The summed E-state index contributed by atoms with van der Waals surface area (Å²) in [4.78, 5) is 27.6. The first-order valence-corrected chi connectivity index (χ1v) is 11.9. The highest BCUT2D eigenvalue weighted by molar-refractivity contribution is 9.10. The molecule has 2 amide bonds. The number of nitrogens with zero attached hydrogens (tertiary/aromatic N) is 1. The van der Waals surface area contributed by atoms with Crippen LogP contribution in [0.5, 0.6) is 0 Å². The molecule has 0 spiro atoms. The van der Waals surface area contributed by atoms with Gasteiger partial charge in [0.1, 0.15) is 6.04 Å². The molecule has 4 nitrogen and oxygen atoms in total. The van der Waals surface area contributed by atoms with E-state index in [9.17, 15) is 9.59 Å². The van der Waals surface area contributed by atoms with E-state index in [4.69, 9.17) is 0 Å². The number of rotatable bonds is 10. The van der Waals surface area contributed by atoms with Gasteiger partial charge in [0, 0.05) is 24.0 Å². The Balaban J connectivity index is 2.10. The van der Waals surface area contributed by atoms with Crippen LogP contribution in [0.2, 0.25) is 0 Å². The molecule has 0 heterocycles. The third-order valence-corrected chi connectivity index (χ3v) is 5.92. The predicted molar refractivity (Wildman–Crippen MR) is 131 cm³/mol. The maximum absolute atomic E-state index is 13.2. The first kappa shape index (κ1) is 25.1. The lowest BCUT2D eigenvalue weighted by molar-refractivity contribution is -0.140. The molecular weight excluding hydrogens is 452 g/mol. The van der Waals surface area contributed by atoms with Gasteiger partial charge >= 0.3 is 0 Å². The minimum absolute atomic E-state index is 0.0111. The normalized spacial score (nSPS) is 12.1. The fraction of sp³-hybridized carbons (Fsp3) is 0.462. The third-order valence-electron chi connectivity index (χ3n) is 5.39. The van der Waals surface area contributed by atoms with E-state index in [1.165, 1.54) is 5.56 Å². The van der Waals surface area contributed by atoms with E-state index < -0.39 is 6.04 Å². The van der Waals surface area contributed by atoms with Crippen LogP contribution < -0.4 is 5.32 Å². The van der Waals surface area contributed by atoms with Crippen molar-refractivity contribution in [2.45, 2.75) is 66.0 Å². The second-order valence-electron chi connectivity index (χ2n) is 8.86. The second kappa shape index (κ2) is 12.0. The average molecular weight is 487 g/mol. The molecule has 5 heteroatoms. The van der Waals surface area contributed by atoms with Crippen LogP contribution in [0.1, 0.15) is 63.6 Å². The minimum atomic E-state index is -0.529. The molecule has 0 saturated carbocycles. The Bertz CT molecular complexity index is 845. The van der Waals surface area contributed by atoms with Crippen molar-refractivity contribution in [2.24, 2.45) is 5.92 Å². The van der Waals surface area contributed by atoms with Gasteiger partial charge in [0.2, 0.25) is 11.8 Å². The molecule has 1 N–H and O–H groups in total. The van der Waals surface area contributed by atoms with Crippen LogP contribution in [0.25, 0.3) is 0 Å². The highest BCUT2D eigenvalue weighted by Crippen LogP contribution is 2.18. The Hall–Kier alpha value is -2.14. The predicted octanol–water partition coefficient (Wildman–Crippen LogP) is 5.69. The van der Waals surface area contributed by atoms with Crippen molar-refractivity contribution in [1.29, 1.82) is 0 Å². The quantitative estimate of drug-likeness (QED) is 0.468. The van der Waals surface area contributed by atoms with E-state index in [0.29, 0.717) is 37.8 Å². The zero-order valence-electron chi connectivity index (χ0n) is 19.3. The lowest BCUT2D eigenvalue weighted by Gasteiger charge is -2.29.